The second-order valence-electron chi connectivity index (χ2n) is 8.58. The Morgan fingerprint density at radius 1 is 1.12 bits per heavy atom. The third kappa shape index (κ3) is 3.79. The topological polar surface area (TPSA) is 94.1 Å². The van der Waals surface area contributed by atoms with E-state index in [1.165, 1.54) is 11.1 Å². The highest BCUT2D eigenvalue weighted by molar-refractivity contribution is 5.76. The number of hydrogen-bond acceptors (Lipinski definition) is 6. The molecule has 9 nitrogen and oxygen atoms in total. The lowest BCUT2D eigenvalue weighted by Crippen LogP contribution is -2.53. The molecular weight excluding hydrogens is 404 g/mol. The van der Waals surface area contributed by atoms with Gasteiger partial charge in [0, 0.05) is 57.5 Å². The number of amides is 2. The summed E-state index contributed by atoms with van der Waals surface area (Å²) in [6, 6.07) is 8.35. The summed E-state index contributed by atoms with van der Waals surface area (Å²) in [5.41, 5.74) is 3.38. The molecule has 1 atom stereocenters. The van der Waals surface area contributed by atoms with Gasteiger partial charge in [0.15, 0.2) is 0 Å². The second kappa shape index (κ2) is 8.57. The van der Waals surface area contributed by atoms with Gasteiger partial charge in [-0.1, -0.05) is 24.3 Å². The van der Waals surface area contributed by atoms with E-state index in [9.17, 15) is 4.79 Å². The van der Waals surface area contributed by atoms with Gasteiger partial charge in [-0.05, 0) is 36.1 Å². The Morgan fingerprint density at radius 2 is 1.97 bits per heavy atom. The van der Waals surface area contributed by atoms with Crippen molar-refractivity contribution < 1.29 is 4.79 Å². The predicted molar refractivity (Wildman–Crippen MR) is 121 cm³/mol. The highest BCUT2D eigenvalue weighted by atomic mass is 16.2. The van der Waals surface area contributed by atoms with Gasteiger partial charge in [-0.2, -0.15) is 0 Å². The maximum absolute atomic E-state index is 12.9. The van der Waals surface area contributed by atoms with E-state index in [2.05, 4.69) is 44.4 Å². The molecule has 3 aromatic rings. The molecule has 3 aromatic heterocycles. The van der Waals surface area contributed by atoms with Crippen LogP contribution in [0.25, 0.3) is 0 Å². The lowest BCUT2D eigenvalue weighted by Gasteiger charge is -2.41. The number of carbonyl (C=O) groups excluding carboxylic acids is 1. The SMILES string of the molecule is CCc1cccnc1N(C)c1ccc(C2CN(C(=O)N3CC[C@H](c4cnn[nH]4)C3)C2)cn1. The van der Waals surface area contributed by atoms with Gasteiger partial charge in [0.05, 0.1) is 11.9 Å². The van der Waals surface area contributed by atoms with Crippen molar-refractivity contribution in [2.45, 2.75) is 31.6 Å². The number of nitrogens with zero attached hydrogens (tertiary/aromatic N) is 7. The van der Waals surface area contributed by atoms with Crippen molar-refractivity contribution in [1.82, 2.24) is 35.2 Å². The molecule has 2 saturated heterocycles. The number of pyridine rings is 2. The van der Waals surface area contributed by atoms with Crippen LogP contribution in [0.5, 0.6) is 0 Å². The van der Waals surface area contributed by atoms with Crippen molar-refractivity contribution >= 4 is 17.7 Å². The smallest absolute Gasteiger partial charge is 0.320 e. The van der Waals surface area contributed by atoms with Crippen molar-refractivity contribution in [1.29, 1.82) is 0 Å². The van der Waals surface area contributed by atoms with Crippen LogP contribution in [-0.2, 0) is 6.42 Å². The number of carbonyl (C=O) groups is 1. The van der Waals surface area contributed by atoms with E-state index in [4.69, 9.17) is 0 Å². The van der Waals surface area contributed by atoms with Crippen molar-refractivity contribution in [2.75, 3.05) is 38.1 Å². The average molecular weight is 433 g/mol. The Labute approximate surface area is 187 Å². The second-order valence-corrected chi connectivity index (χ2v) is 8.58. The zero-order valence-electron chi connectivity index (χ0n) is 18.5. The molecule has 0 saturated carbocycles. The highest BCUT2D eigenvalue weighted by Crippen LogP contribution is 2.32. The molecule has 2 fully saturated rings. The largest absolute Gasteiger partial charge is 0.324 e. The number of anilines is 2. The van der Waals surface area contributed by atoms with Crippen molar-refractivity contribution in [3.8, 4) is 0 Å². The fourth-order valence-electron chi connectivity index (χ4n) is 4.59. The number of aromatic amines is 1. The van der Waals surface area contributed by atoms with Crippen LogP contribution in [-0.4, -0.2) is 74.4 Å². The Bertz CT molecular complexity index is 1060. The van der Waals surface area contributed by atoms with Crippen LogP contribution >= 0.6 is 0 Å². The lowest BCUT2D eigenvalue weighted by atomic mass is 9.93. The minimum Gasteiger partial charge on any atom is -0.324 e. The summed E-state index contributed by atoms with van der Waals surface area (Å²) in [4.78, 5) is 28.0. The first-order valence-electron chi connectivity index (χ1n) is 11.2. The van der Waals surface area contributed by atoms with Crippen molar-refractivity contribution in [3.63, 3.8) is 0 Å². The molecular formula is C23H28N8O. The van der Waals surface area contributed by atoms with E-state index >= 15 is 0 Å². The van der Waals surface area contributed by atoms with E-state index < -0.39 is 0 Å². The third-order valence-corrected chi connectivity index (χ3v) is 6.64. The Hall–Kier alpha value is -3.49. The quantitative estimate of drug-likeness (QED) is 0.666. The molecule has 0 unspecified atom stereocenters. The molecule has 0 aromatic carbocycles. The molecule has 2 aliphatic rings. The first kappa shape index (κ1) is 20.4. The van der Waals surface area contributed by atoms with E-state index in [-0.39, 0.29) is 6.03 Å². The van der Waals surface area contributed by atoms with Crippen LogP contribution in [0, 0.1) is 0 Å². The van der Waals surface area contributed by atoms with E-state index in [0.717, 1.165) is 56.4 Å². The summed E-state index contributed by atoms with van der Waals surface area (Å²) in [5, 5.41) is 10.6. The van der Waals surface area contributed by atoms with Crippen molar-refractivity contribution in [3.05, 3.63) is 59.7 Å². The zero-order valence-corrected chi connectivity index (χ0v) is 18.5. The Morgan fingerprint density at radius 3 is 2.69 bits per heavy atom. The van der Waals surface area contributed by atoms with Gasteiger partial charge >= 0.3 is 6.03 Å². The number of rotatable bonds is 5. The zero-order chi connectivity index (χ0) is 22.1. The average Bonchev–Trinajstić information content (AvgIpc) is 3.50. The summed E-state index contributed by atoms with van der Waals surface area (Å²) in [6.45, 7) is 5.11. The molecule has 9 heteroatoms. The molecule has 0 aliphatic carbocycles. The third-order valence-electron chi connectivity index (χ3n) is 6.64. The number of aryl methyl sites for hydroxylation is 1. The fourth-order valence-corrected chi connectivity index (χ4v) is 4.59. The summed E-state index contributed by atoms with van der Waals surface area (Å²) in [7, 11) is 2.00. The lowest BCUT2D eigenvalue weighted by molar-refractivity contribution is 0.121. The molecule has 0 radical (unpaired) electrons. The predicted octanol–water partition coefficient (Wildman–Crippen LogP) is 2.93. The normalized spacial score (nSPS) is 18.6. The maximum Gasteiger partial charge on any atom is 0.320 e. The van der Waals surface area contributed by atoms with Crippen LogP contribution in [0.1, 0.15) is 42.0 Å². The van der Waals surface area contributed by atoms with Gasteiger partial charge < -0.3 is 14.7 Å². The molecule has 2 amide bonds. The molecule has 2 aliphatic heterocycles. The van der Waals surface area contributed by atoms with Crippen LogP contribution in [0.3, 0.4) is 0 Å². The Kier molecular flexibility index (Phi) is 5.46. The van der Waals surface area contributed by atoms with Crippen LogP contribution < -0.4 is 4.90 Å². The molecule has 5 heterocycles. The fraction of sp³-hybridized carbons (Fsp3) is 0.435. The maximum atomic E-state index is 12.9. The molecule has 5 rings (SSSR count). The Balaban J connectivity index is 1.17. The van der Waals surface area contributed by atoms with Gasteiger partial charge in [0.1, 0.15) is 11.6 Å². The van der Waals surface area contributed by atoms with Crippen LogP contribution in [0.4, 0.5) is 16.4 Å². The highest BCUT2D eigenvalue weighted by Gasteiger charge is 2.37. The summed E-state index contributed by atoms with van der Waals surface area (Å²) < 4.78 is 0. The summed E-state index contributed by atoms with van der Waals surface area (Å²) in [6.07, 6.45) is 7.37. The number of urea groups is 1. The number of likely N-dealkylation sites (tertiary alicyclic amines) is 2. The monoisotopic (exact) mass is 432 g/mol. The number of nitrogens with one attached hydrogen (secondary N) is 1. The van der Waals surface area contributed by atoms with E-state index in [0.29, 0.717) is 11.8 Å². The molecule has 0 bridgehead atoms. The van der Waals surface area contributed by atoms with Gasteiger partial charge in [-0.3, -0.25) is 5.10 Å². The summed E-state index contributed by atoms with van der Waals surface area (Å²) >= 11 is 0. The molecule has 166 valence electrons. The van der Waals surface area contributed by atoms with E-state index in [1.807, 2.05) is 46.3 Å². The first-order valence-corrected chi connectivity index (χ1v) is 11.2. The standard InChI is InChI=1S/C23H28N8O/c1-3-16-5-4-9-24-22(16)29(2)21-7-6-17(11-25-21)19-14-31(15-19)23(32)30-10-8-18(13-30)20-12-26-28-27-20/h4-7,9,11-12,18-19H,3,8,10,13-15H2,1-2H3,(H,26,27,28)/t18-/m0/s1. The van der Waals surface area contributed by atoms with Gasteiger partial charge in [-0.25, -0.2) is 14.8 Å². The van der Waals surface area contributed by atoms with E-state index in [1.54, 1.807) is 6.20 Å². The molecule has 32 heavy (non-hydrogen) atoms. The minimum absolute atomic E-state index is 0.128. The summed E-state index contributed by atoms with van der Waals surface area (Å²) in [5.74, 6) is 2.44. The number of aromatic nitrogens is 5. The number of hydrogen-bond donors (Lipinski definition) is 1. The molecule has 0 spiro atoms. The van der Waals surface area contributed by atoms with Crippen molar-refractivity contribution in [2.24, 2.45) is 0 Å². The molecule has 1 N–H and O–H groups in total. The van der Waals surface area contributed by atoms with Gasteiger partial charge in [-0.15, -0.1) is 5.10 Å². The van der Waals surface area contributed by atoms with Crippen LogP contribution in [0.2, 0.25) is 0 Å². The van der Waals surface area contributed by atoms with Gasteiger partial charge in [0.2, 0.25) is 0 Å². The number of H-pyrrole nitrogens is 1. The van der Waals surface area contributed by atoms with Gasteiger partial charge in [0.25, 0.3) is 0 Å². The van der Waals surface area contributed by atoms with Crippen LogP contribution in [0.15, 0.2) is 42.9 Å². The first-order chi connectivity index (χ1) is 15.6. The minimum atomic E-state index is 0.128.